The summed E-state index contributed by atoms with van der Waals surface area (Å²) in [4.78, 5) is 0. The lowest BCUT2D eigenvalue weighted by Crippen LogP contribution is -2.28. The number of alkyl halides is 2. The van der Waals surface area contributed by atoms with Crippen molar-refractivity contribution in [1.29, 1.82) is 0 Å². The van der Waals surface area contributed by atoms with Crippen molar-refractivity contribution in [2.45, 2.75) is 25.6 Å². The maximum atomic E-state index is 14.2. The predicted molar refractivity (Wildman–Crippen MR) is 72.2 cm³/mol. The number of halogens is 3. The Balaban J connectivity index is 3.11. The molecule has 8 heteroatoms. The van der Waals surface area contributed by atoms with Crippen LogP contribution in [0.5, 0.6) is 0 Å². The van der Waals surface area contributed by atoms with Gasteiger partial charge in [-0.2, -0.15) is 8.78 Å². The molecule has 20 heavy (non-hydrogen) atoms. The fourth-order valence-electron chi connectivity index (χ4n) is 1.54. The molecule has 0 saturated carbocycles. The third-order valence-electron chi connectivity index (χ3n) is 2.48. The summed E-state index contributed by atoms with van der Waals surface area (Å²) >= 11 is 5.65. The van der Waals surface area contributed by atoms with Crippen LogP contribution in [0.1, 0.15) is 25.5 Å². The van der Waals surface area contributed by atoms with Gasteiger partial charge in [-0.1, -0.05) is 23.7 Å². The average Bonchev–Trinajstić information content (AvgIpc) is 2.39. The Morgan fingerprint density at radius 1 is 1.25 bits per heavy atom. The van der Waals surface area contributed by atoms with Gasteiger partial charge in [-0.05, 0) is 31.5 Å². The van der Waals surface area contributed by atoms with Crippen molar-refractivity contribution >= 4 is 19.2 Å². The number of aliphatic hydroxyl groups excluding tert-OH is 1. The maximum absolute atomic E-state index is 14.2. The fourth-order valence-corrected chi connectivity index (χ4v) is 3.22. The van der Waals surface area contributed by atoms with Crippen LogP contribution in [0.4, 0.5) is 8.78 Å². The first-order valence-corrected chi connectivity index (χ1v) is 7.91. The van der Waals surface area contributed by atoms with Crippen LogP contribution in [0, 0.1) is 0 Å². The van der Waals surface area contributed by atoms with Crippen molar-refractivity contribution in [1.82, 2.24) is 0 Å². The lowest BCUT2D eigenvalue weighted by molar-refractivity contribution is -0.0676. The van der Waals surface area contributed by atoms with E-state index in [1.807, 2.05) is 0 Å². The molecule has 0 spiro atoms. The van der Waals surface area contributed by atoms with E-state index in [9.17, 15) is 18.5 Å². The van der Waals surface area contributed by atoms with E-state index in [1.165, 1.54) is 38.1 Å². The van der Waals surface area contributed by atoms with Gasteiger partial charge >= 0.3 is 13.3 Å². The summed E-state index contributed by atoms with van der Waals surface area (Å²) in [7, 11) is -4.77. The molecule has 1 atom stereocenters. The monoisotopic (exact) mass is 328 g/mol. The molecule has 1 N–H and O–H groups in total. The van der Waals surface area contributed by atoms with Gasteiger partial charge in [-0.25, -0.2) is 0 Å². The second kappa shape index (κ2) is 6.96. The Morgan fingerprint density at radius 2 is 1.70 bits per heavy atom. The van der Waals surface area contributed by atoms with E-state index < -0.39 is 19.4 Å². The summed E-state index contributed by atoms with van der Waals surface area (Å²) in [6.07, 6.45) is -2.32. The Bertz CT molecular complexity index is 471. The average molecular weight is 329 g/mol. The zero-order chi connectivity index (χ0) is 15.4. The highest BCUT2D eigenvalue weighted by atomic mass is 35.5. The Hall–Kier alpha value is -0.520. The molecule has 0 aliphatic carbocycles. The third-order valence-corrected chi connectivity index (χ3v) is 4.90. The summed E-state index contributed by atoms with van der Waals surface area (Å²) in [6, 6.07) is 5.15. The van der Waals surface area contributed by atoms with Crippen LogP contribution in [0.3, 0.4) is 0 Å². The minimum Gasteiger partial charge on any atom is -0.381 e. The highest BCUT2D eigenvalue weighted by molar-refractivity contribution is 7.55. The topological polar surface area (TPSA) is 55.8 Å². The highest BCUT2D eigenvalue weighted by Gasteiger charge is 2.59. The molecular formula is C12H16ClF2O4P. The third kappa shape index (κ3) is 3.57. The molecule has 0 aromatic heterocycles. The van der Waals surface area contributed by atoms with Gasteiger partial charge in [0.2, 0.25) is 0 Å². The van der Waals surface area contributed by atoms with Crippen LogP contribution >= 0.6 is 19.2 Å². The highest BCUT2D eigenvalue weighted by Crippen LogP contribution is 2.66. The molecule has 4 nitrogen and oxygen atoms in total. The van der Waals surface area contributed by atoms with Gasteiger partial charge in [0.05, 0.1) is 13.2 Å². The van der Waals surface area contributed by atoms with Crippen LogP contribution in [-0.2, 0) is 13.6 Å². The predicted octanol–water partition coefficient (Wildman–Crippen LogP) is 4.23. The summed E-state index contributed by atoms with van der Waals surface area (Å²) in [5.41, 5.74) is -4.19. The van der Waals surface area contributed by atoms with Crippen LogP contribution < -0.4 is 0 Å². The SMILES string of the molecule is CCOP(=O)(OCC)C(F)(F)[C@@H](O)c1ccc(Cl)cc1. The van der Waals surface area contributed by atoms with E-state index in [4.69, 9.17) is 11.6 Å². The Morgan fingerprint density at radius 3 is 2.10 bits per heavy atom. The quantitative estimate of drug-likeness (QED) is 0.761. The Kier molecular flexibility index (Phi) is 6.10. The van der Waals surface area contributed by atoms with Gasteiger partial charge in [0.1, 0.15) is 0 Å². The summed E-state index contributed by atoms with van der Waals surface area (Å²) in [6.45, 7) is 2.38. The molecule has 114 valence electrons. The van der Waals surface area contributed by atoms with Crippen molar-refractivity contribution in [3.63, 3.8) is 0 Å². The number of hydrogen-bond donors (Lipinski definition) is 1. The summed E-state index contributed by atoms with van der Waals surface area (Å²) in [5.74, 6) is 0. The number of rotatable bonds is 7. The van der Waals surface area contributed by atoms with Crippen molar-refractivity contribution in [2.24, 2.45) is 0 Å². The van der Waals surface area contributed by atoms with E-state index in [-0.39, 0.29) is 18.8 Å². The molecule has 1 aromatic carbocycles. The smallest absolute Gasteiger partial charge is 0.381 e. The first-order chi connectivity index (χ1) is 9.28. The van der Waals surface area contributed by atoms with E-state index >= 15 is 0 Å². The van der Waals surface area contributed by atoms with E-state index in [1.54, 1.807) is 0 Å². The molecule has 1 aromatic rings. The zero-order valence-electron chi connectivity index (χ0n) is 11.1. The van der Waals surface area contributed by atoms with Crippen molar-refractivity contribution in [2.75, 3.05) is 13.2 Å². The molecular weight excluding hydrogens is 313 g/mol. The second-order valence-corrected chi connectivity index (χ2v) is 6.42. The van der Waals surface area contributed by atoms with Gasteiger partial charge in [0.15, 0.2) is 6.10 Å². The Labute approximate surface area is 121 Å². The molecule has 0 heterocycles. The molecule has 0 saturated heterocycles. The van der Waals surface area contributed by atoms with Gasteiger partial charge in [0, 0.05) is 5.02 Å². The van der Waals surface area contributed by atoms with Gasteiger partial charge in [0.25, 0.3) is 0 Å². The molecule has 0 amide bonds. The van der Waals surface area contributed by atoms with Gasteiger partial charge in [-0.15, -0.1) is 0 Å². The molecule has 0 radical (unpaired) electrons. The number of aliphatic hydroxyl groups is 1. The molecule has 0 fully saturated rings. The molecule has 1 rings (SSSR count). The summed E-state index contributed by atoms with van der Waals surface area (Å²) in [5, 5.41) is 10.1. The van der Waals surface area contributed by atoms with Crippen molar-refractivity contribution < 1.29 is 27.5 Å². The first-order valence-electron chi connectivity index (χ1n) is 5.99. The fraction of sp³-hybridized carbons (Fsp3) is 0.500. The van der Waals surface area contributed by atoms with Gasteiger partial charge < -0.3 is 14.2 Å². The minimum atomic E-state index is -4.77. The molecule has 0 aliphatic rings. The molecule has 0 bridgehead atoms. The molecule has 0 unspecified atom stereocenters. The molecule has 0 aliphatic heterocycles. The van der Waals surface area contributed by atoms with E-state index in [0.29, 0.717) is 5.02 Å². The number of benzene rings is 1. The van der Waals surface area contributed by atoms with Crippen LogP contribution in [-0.4, -0.2) is 24.0 Å². The van der Waals surface area contributed by atoms with Crippen molar-refractivity contribution in [3.05, 3.63) is 34.9 Å². The lowest BCUT2D eigenvalue weighted by atomic mass is 10.1. The van der Waals surface area contributed by atoms with E-state index in [0.717, 1.165) is 0 Å². The van der Waals surface area contributed by atoms with Crippen LogP contribution in [0.15, 0.2) is 24.3 Å². The minimum absolute atomic E-state index is 0.126. The largest absolute Gasteiger partial charge is 0.402 e. The van der Waals surface area contributed by atoms with Crippen LogP contribution in [0.25, 0.3) is 0 Å². The standard InChI is InChI=1S/C12H16ClF2O4P/c1-3-18-20(17,19-4-2)12(14,15)11(16)9-5-7-10(13)8-6-9/h5-8,11,16H,3-4H2,1-2H3/t11-/m0/s1. The van der Waals surface area contributed by atoms with Crippen LogP contribution in [0.2, 0.25) is 5.02 Å². The normalized spacial score (nSPS) is 14.3. The van der Waals surface area contributed by atoms with E-state index in [2.05, 4.69) is 9.05 Å². The van der Waals surface area contributed by atoms with Gasteiger partial charge in [-0.3, -0.25) is 4.57 Å². The second-order valence-electron chi connectivity index (χ2n) is 3.87. The lowest BCUT2D eigenvalue weighted by Gasteiger charge is -2.29. The number of hydrogen-bond acceptors (Lipinski definition) is 4. The summed E-state index contributed by atoms with van der Waals surface area (Å²) < 4.78 is 49.8. The first kappa shape index (κ1) is 17.5. The maximum Gasteiger partial charge on any atom is 0.402 e. The van der Waals surface area contributed by atoms with Crippen molar-refractivity contribution in [3.8, 4) is 0 Å². The zero-order valence-corrected chi connectivity index (χ0v) is 12.7.